The molecule has 2 aliphatic rings. The minimum atomic E-state index is -1.22. The second kappa shape index (κ2) is 8.55. The molecule has 4 heteroatoms. The van der Waals surface area contributed by atoms with E-state index in [0.717, 1.165) is 23.1 Å². The van der Waals surface area contributed by atoms with E-state index in [9.17, 15) is 9.00 Å². The molecule has 1 aromatic carbocycles. The van der Waals surface area contributed by atoms with Crippen molar-refractivity contribution in [2.24, 2.45) is 11.8 Å². The Balaban J connectivity index is 1.90. The molecule has 0 bridgehead atoms. The maximum atomic E-state index is 13.0. The summed E-state index contributed by atoms with van der Waals surface area (Å²) < 4.78 is 15.1. The molecule has 0 saturated heterocycles. The van der Waals surface area contributed by atoms with E-state index in [2.05, 4.69) is 16.9 Å². The molecule has 0 radical (unpaired) electrons. The molecule has 1 saturated carbocycles. The van der Waals surface area contributed by atoms with Crippen LogP contribution in [0.4, 0.5) is 0 Å². The van der Waals surface area contributed by atoms with Crippen molar-refractivity contribution in [3.8, 4) is 0 Å². The first-order valence-corrected chi connectivity index (χ1v) is 11.2. The van der Waals surface area contributed by atoms with E-state index in [0.29, 0.717) is 5.92 Å². The highest BCUT2D eigenvalue weighted by Crippen LogP contribution is 2.42. The SMILES string of the molecule is CC(C)(C)S(=O)N/C=C1\C(=O)C=C(c2ccccc2)C[C@@H]1C1CCCCC1. The quantitative estimate of drug-likeness (QED) is 0.726. The van der Waals surface area contributed by atoms with Gasteiger partial charge >= 0.3 is 0 Å². The van der Waals surface area contributed by atoms with Crippen LogP contribution >= 0.6 is 0 Å². The number of benzene rings is 1. The summed E-state index contributed by atoms with van der Waals surface area (Å²) in [6.07, 6.45) is 10.6. The Morgan fingerprint density at radius 2 is 1.74 bits per heavy atom. The molecule has 0 spiro atoms. The summed E-state index contributed by atoms with van der Waals surface area (Å²) in [4.78, 5) is 13.0. The fraction of sp³-hybridized carbons (Fsp3) is 0.522. The van der Waals surface area contributed by atoms with Gasteiger partial charge in [0.1, 0.15) is 11.0 Å². The van der Waals surface area contributed by atoms with Crippen LogP contribution in [-0.2, 0) is 15.8 Å². The fourth-order valence-electron chi connectivity index (χ4n) is 4.11. The molecular formula is C23H31NO2S. The summed E-state index contributed by atoms with van der Waals surface area (Å²) >= 11 is 0. The predicted octanol–water partition coefficient (Wildman–Crippen LogP) is 5.18. The molecule has 1 unspecified atom stereocenters. The van der Waals surface area contributed by atoms with Crippen molar-refractivity contribution >= 4 is 22.3 Å². The zero-order chi connectivity index (χ0) is 19.4. The molecule has 0 amide bonds. The number of ketones is 1. The van der Waals surface area contributed by atoms with Crippen molar-refractivity contribution < 1.29 is 9.00 Å². The van der Waals surface area contributed by atoms with Gasteiger partial charge in [-0.3, -0.25) is 4.79 Å². The van der Waals surface area contributed by atoms with Crippen molar-refractivity contribution in [1.82, 2.24) is 4.72 Å². The van der Waals surface area contributed by atoms with Gasteiger partial charge in [-0.2, -0.15) is 0 Å². The lowest BCUT2D eigenvalue weighted by atomic mass is 9.70. The van der Waals surface area contributed by atoms with E-state index in [1.165, 1.54) is 32.1 Å². The lowest BCUT2D eigenvalue weighted by Crippen LogP contribution is -2.33. The average molecular weight is 386 g/mol. The molecule has 0 aromatic heterocycles. The Hall–Kier alpha value is -1.68. The monoisotopic (exact) mass is 385 g/mol. The second-order valence-corrected chi connectivity index (χ2v) is 10.7. The largest absolute Gasteiger partial charge is 0.311 e. The smallest absolute Gasteiger partial charge is 0.183 e. The van der Waals surface area contributed by atoms with E-state index in [4.69, 9.17) is 0 Å². The number of hydrogen-bond donors (Lipinski definition) is 1. The molecule has 2 aliphatic carbocycles. The van der Waals surface area contributed by atoms with E-state index < -0.39 is 11.0 Å². The van der Waals surface area contributed by atoms with Crippen molar-refractivity contribution in [2.75, 3.05) is 0 Å². The van der Waals surface area contributed by atoms with Gasteiger partial charge in [0.25, 0.3) is 0 Å². The summed E-state index contributed by atoms with van der Waals surface area (Å²) in [5, 5.41) is 0. The molecular weight excluding hydrogens is 354 g/mol. The van der Waals surface area contributed by atoms with Crippen LogP contribution in [0.25, 0.3) is 5.57 Å². The molecule has 2 atom stereocenters. The van der Waals surface area contributed by atoms with Gasteiger partial charge in [-0.25, -0.2) is 4.21 Å². The van der Waals surface area contributed by atoms with Crippen LogP contribution in [0.2, 0.25) is 0 Å². The van der Waals surface area contributed by atoms with Gasteiger partial charge in [-0.15, -0.1) is 0 Å². The highest BCUT2D eigenvalue weighted by Gasteiger charge is 2.34. The second-order valence-electron chi connectivity index (χ2n) is 8.71. The summed E-state index contributed by atoms with van der Waals surface area (Å²) in [5.41, 5.74) is 3.07. The van der Waals surface area contributed by atoms with Crippen molar-refractivity contribution in [3.05, 3.63) is 53.7 Å². The number of nitrogens with one attached hydrogen (secondary N) is 1. The van der Waals surface area contributed by atoms with Crippen molar-refractivity contribution in [1.29, 1.82) is 0 Å². The van der Waals surface area contributed by atoms with Gasteiger partial charge in [0.2, 0.25) is 0 Å². The van der Waals surface area contributed by atoms with Gasteiger partial charge in [-0.1, -0.05) is 49.6 Å². The zero-order valence-corrected chi connectivity index (χ0v) is 17.5. The zero-order valence-electron chi connectivity index (χ0n) is 16.7. The van der Waals surface area contributed by atoms with Crippen LogP contribution < -0.4 is 4.72 Å². The topological polar surface area (TPSA) is 46.2 Å². The van der Waals surface area contributed by atoms with E-state index in [1.807, 2.05) is 39.0 Å². The summed E-state index contributed by atoms with van der Waals surface area (Å²) in [7, 11) is -1.22. The summed E-state index contributed by atoms with van der Waals surface area (Å²) in [5.74, 6) is 0.808. The normalized spacial score (nSPS) is 24.6. The van der Waals surface area contributed by atoms with E-state index >= 15 is 0 Å². The van der Waals surface area contributed by atoms with Crippen LogP contribution in [0.5, 0.6) is 0 Å². The molecule has 27 heavy (non-hydrogen) atoms. The van der Waals surface area contributed by atoms with Crippen LogP contribution in [0.1, 0.15) is 64.9 Å². The third kappa shape index (κ3) is 4.98. The lowest BCUT2D eigenvalue weighted by Gasteiger charge is -2.34. The first kappa shape index (κ1) is 20.1. The number of carbonyl (C=O) groups is 1. The molecule has 3 nitrogen and oxygen atoms in total. The minimum absolute atomic E-state index is 0.0640. The summed E-state index contributed by atoms with van der Waals surface area (Å²) in [6.45, 7) is 5.80. The molecule has 1 fully saturated rings. The summed E-state index contributed by atoms with van der Waals surface area (Å²) in [6, 6.07) is 10.2. The van der Waals surface area contributed by atoms with Crippen LogP contribution in [0.3, 0.4) is 0 Å². The maximum absolute atomic E-state index is 13.0. The highest BCUT2D eigenvalue weighted by molar-refractivity contribution is 7.84. The van der Waals surface area contributed by atoms with Gasteiger partial charge < -0.3 is 4.72 Å². The van der Waals surface area contributed by atoms with E-state index in [-0.39, 0.29) is 16.4 Å². The molecule has 0 heterocycles. The first-order chi connectivity index (χ1) is 12.9. The number of carbonyl (C=O) groups excluding carboxylic acids is 1. The molecule has 0 aliphatic heterocycles. The van der Waals surface area contributed by atoms with Gasteiger partial charge in [0.15, 0.2) is 5.78 Å². The van der Waals surface area contributed by atoms with Crippen LogP contribution in [0, 0.1) is 11.8 Å². The Labute approximate surface area is 165 Å². The maximum Gasteiger partial charge on any atom is 0.183 e. The Bertz CT molecular complexity index is 752. The number of hydrogen-bond acceptors (Lipinski definition) is 2. The van der Waals surface area contributed by atoms with Gasteiger partial charge in [0, 0.05) is 11.8 Å². The first-order valence-electron chi connectivity index (χ1n) is 10.0. The minimum Gasteiger partial charge on any atom is -0.311 e. The van der Waals surface area contributed by atoms with Crippen LogP contribution in [0.15, 0.2) is 48.2 Å². The third-order valence-electron chi connectivity index (χ3n) is 5.67. The fourth-order valence-corrected chi connectivity index (χ4v) is 4.70. The van der Waals surface area contributed by atoms with Gasteiger partial charge in [0.05, 0.1) is 4.75 Å². The van der Waals surface area contributed by atoms with Crippen molar-refractivity contribution in [2.45, 2.75) is 64.0 Å². The molecule has 146 valence electrons. The van der Waals surface area contributed by atoms with E-state index in [1.54, 1.807) is 12.3 Å². The Morgan fingerprint density at radius 3 is 2.37 bits per heavy atom. The molecule has 1 N–H and O–H groups in total. The third-order valence-corrected chi connectivity index (χ3v) is 7.11. The Kier molecular flexibility index (Phi) is 6.36. The highest BCUT2D eigenvalue weighted by atomic mass is 32.2. The van der Waals surface area contributed by atoms with Crippen LogP contribution in [-0.4, -0.2) is 14.7 Å². The number of allylic oxidation sites excluding steroid dienone is 3. The van der Waals surface area contributed by atoms with Crippen molar-refractivity contribution in [3.63, 3.8) is 0 Å². The lowest BCUT2D eigenvalue weighted by molar-refractivity contribution is -0.112. The predicted molar refractivity (Wildman–Crippen MR) is 113 cm³/mol. The Morgan fingerprint density at radius 1 is 1.07 bits per heavy atom. The average Bonchev–Trinajstić information content (AvgIpc) is 2.67. The molecule has 3 rings (SSSR count). The van der Waals surface area contributed by atoms with Gasteiger partial charge in [-0.05, 0) is 69.1 Å². The standard InChI is InChI=1S/C23H31NO2S/c1-23(2,3)27(26)24-16-21-20(18-12-8-5-9-13-18)14-19(15-22(21)25)17-10-6-4-7-11-17/h4,6-7,10-11,15-16,18,20,24H,5,8-9,12-14H2,1-3H3/b21-16-/t20-,27?/m1/s1. The molecule has 1 aromatic rings. The number of rotatable bonds is 4.